The Bertz CT molecular complexity index is 229. The fraction of sp³-hybridized carbons (Fsp3) is 0.500. The quantitative estimate of drug-likeness (QED) is 0.629. The van der Waals surface area contributed by atoms with Gasteiger partial charge in [0.15, 0.2) is 0 Å². The SMILES string of the molecule is Cc1nc(CB(O)O)sc1C. The summed E-state index contributed by atoms with van der Waals surface area (Å²) in [6.45, 7) is 3.89. The van der Waals surface area contributed by atoms with Gasteiger partial charge in [0, 0.05) is 11.2 Å². The number of aryl methyl sites for hydroxylation is 2. The smallest absolute Gasteiger partial charge is 0.427 e. The molecule has 0 amide bonds. The number of rotatable bonds is 2. The summed E-state index contributed by atoms with van der Waals surface area (Å²) in [6, 6.07) is 0. The Balaban J connectivity index is 2.73. The van der Waals surface area contributed by atoms with Gasteiger partial charge in [0.1, 0.15) is 0 Å². The van der Waals surface area contributed by atoms with E-state index in [-0.39, 0.29) is 6.32 Å². The first-order valence-corrected chi connectivity index (χ1v) is 4.20. The van der Waals surface area contributed by atoms with Crippen LogP contribution in [0.1, 0.15) is 15.6 Å². The lowest BCUT2D eigenvalue weighted by molar-refractivity contribution is 0.405. The summed E-state index contributed by atoms with van der Waals surface area (Å²) in [5.74, 6) is 0. The molecular weight excluding hydrogens is 161 g/mol. The molecule has 0 saturated heterocycles. The first-order valence-electron chi connectivity index (χ1n) is 3.38. The van der Waals surface area contributed by atoms with Crippen LogP contribution >= 0.6 is 11.3 Å². The standard InChI is InChI=1S/C6H10BNO2S/c1-4-5(2)11-6(8-4)3-7(9)10/h9-10H,3H2,1-2H3. The number of nitrogens with zero attached hydrogens (tertiary/aromatic N) is 1. The molecule has 1 heterocycles. The van der Waals surface area contributed by atoms with E-state index in [1.54, 1.807) is 0 Å². The Morgan fingerprint density at radius 1 is 1.45 bits per heavy atom. The molecule has 0 aliphatic rings. The van der Waals surface area contributed by atoms with Crippen molar-refractivity contribution in [3.63, 3.8) is 0 Å². The van der Waals surface area contributed by atoms with E-state index in [1.807, 2.05) is 13.8 Å². The molecule has 0 radical (unpaired) electrons. The first-order chi connectivity index (χ1) is 5.09. The fourth-order valence-electron chi connectivity index (χ4n) is 0.783. The van der Waals surface area contributed by atoms with Gasteiger partial charge in [-0.1, -0.05) is 0 Å². The van der Waals surface area contributed by atoms with Crippen molar-refractivity contribution in [2.75, 3.05) is 0 Å². The summed E-state index contributed by atoms with van der Waals surface area (Å²) in [5, 5.41) is 18.0. The Kier molecular flexibility index (Phi) is 2.65. The summed E-state index contributed by atoms with van der Waals surface area (Å²) in [5.41, 5.74) is 0.977. The molecule has 0 unspecified atom stereocenters. The molecule has 11 heavy (non-hydrogen) atoms. The molecule has 0 fully saturated rings. The molecule has 0 saturated carbocycles. The number of hydrogen-bond donors (Lipinski definition) is 2. The van der Waals surface area contributed by atoms with Gasteiger partial charge in [-0.25, -0.2) is 4.98 Å². The van der Waals surface area contributed by atoms with Crippen LogP contribution < -0.4 is 0 Å². The van der Waals surface area contributed by atoms with Gasteiger partial charge >= 0.3 is 7.12 Å². The first kappa shape index (κ1) is 8.71. The van der Waals surface area contributed by atoms with Gasteiger partial charge in [-0.2, -0.15) is 0 Å². The molecule has 0 aliphatic heterocycles. The average Bonchev–Trinajstić information content (AvgIpc) is 2.10. The van der Waals surface area contributed by atoms with Crippen LogP contribution in [0.25, 0.3) is 0 Å². The van der Waals surface area contributed by atoms with Gasteiger partial charge in [-0.3, -0.25) is 0 Å². The summed E-state index contributed by atoms with van der Waals surface area (Å²) in [7, 11) is -1.28. The molecule has 1 rings (SSSR count). The molecule has 1 aromatic heterocycles. The van der Waals surface area contributed by atoms with Crippen LogP contribution in [0.4, 0.5) is 0 Å². The lowest BCUT2D eigenvalue weighted by atomic mass is 9.87. The minimum absolute atomic E-state index is 0.235. The topological polar surface area (TPSA) is 53.4 Å². The highest BCUT2D eigenvalue weighted by atomic mass is 32.1. The highest BCUT2D eigenvalue weighted by Crippen LogP contribution is 2.16. The minimum atomic E-state index is -1.28. The third kappa shape index (κ3) is 2.29. The Labute approximate surface area is 69.9 Å². The normalized spacial score (nSPS) is 10.2. The van der Waals surface area contributed by atoms with Gasteiger partial charge in [0.2, 0.25) is 0 Å². The lowest BCUT2D eigenvalue weighted by Gasteiger charge is -1.90. The van der Waals surface area contributed by atoms with Crippen LogP contribution in [0.15, 0.2) is 0 Å². The van der Waals surface area contributed by atoms with E-state index in [1.165, 1.54) is 11.3 Å². The third-order valence-electron chi connectivity index (χ3n) is 1.43. The third-order valence-corrected chi connectivity index (χ3v) is 2.53. The van der Waals surface area contributed by atoms with E-state index >= 15 is 0 Å². The van der Waals surface area contributed by atoms with Gasteiger partial charge < -0.3 is 10.0 Å². The number of hydrogen-bond acceptors (Lipinski definition) is 4. The van der Waals surface area contributed by atoms with E-state index in [4.69, 9.17) is 10.0 Å². The molecule has 0 spiro atoms. The molecule has 0 aromatic carbocycles. The second-order valence-corrected chi connectivity index (χ2v) is 3.72. The van der Waals surface area contributed by atoms with Crippen LogP contribution in [0.5, 0.6) is 0 Å². The van der Waals surface area contributed by atoms with Crippen molar-refractivity contribution in [2.24, 2.45) is 0 Å². The summed E-state index contributed by atoms with van der Waals surface area (Å²) in [4.78, 5) is 5.29. The van der Waals surface area contributed by atoms with Crippen LogP contribution in [0.2, 0.25) is 0 Å². The zero-order valence-corrected chi connectivity index (χ0v) is 7.35. The van der Waals surface area contributed by atoms with Gasteiger partial charge in [-0.05, 0) is 13.8 Å². The van der Waals surface area contributed by atoms with Crippen molar-refractivity contribution in [1.82, 2.24) is 4.98 Å². The maximum absolute atomic E-state index is 8.63. The molecule has 0 atom stereocenters. The predicted octanol–water partition coefficient (Wildman–Crippen LogP) is 0.314. The molecule has 1 aromatic rings. The second-order valence-electron chi connectivity index (χ2n) is 2.43. The zero-order chi connectivity index (χ0) is 8.43. The van der Waals surface area contributed by atoms with Gasteiger partial charge in [-0.15, -0.1) is 11.3 Å². The average molecular weight is 171 g/mol. The summed E-state index contributed by atoms with van der Waals surface area (Å²) in [6.07, 6.45) is 0.235. The van der Waals surface area contributed by atoms with Gasteiger partial charge in [0.25, 0.3) is 0 Å². The van der Waals surface area contributed by atoms with Crippen LogP contribution in [-0.2, 0) is 6.32 Å². The van der Waals surface area contributed by atoms with Crippen molar-refractivity contribution >= 4 is 18.5 Å². The number of aromatic nitrogens is 1. The largest absolute Gasteiger partial charge is 0.458 e. The van der Waals surface area contributed by atoms with Crippen molar-refractivity contribution in [2.45, 2.75) is 20.2 Å². The zero-order valence-electron chi connectivity index (χ0n) is 6.53. The van der Waals surface area contributed by atoms with Crippen molar-refractivity contribution in [3.8, 4) is 0 Å². The Hall–Kier alpha value is -0.385. The van der Waals surface area contributed by atoms with Crippen molar-refractivity contribution in [3.05, 3.63) is 15.6 Å². The van der Waals surface area contributed by atoms with E-state index in [0.717, 1.165) is 15.6 Å². The number of thiazole rings is 1. The fourth-order valence-corrected chi connectivity index (χ4v) is 1.74. The predicted molar refractivity (Wildman–Crippen MR) is 45.5 cm³/mol. The van der Waals surface area contributed by atoms with E-state index in [9.17, 15) is 0 Å². The molecule has 60 valence electrons. The monoisotopic (exact) mass is 171 g/mol. The molecule has 0 aliphatic carbocycles. The van der Waals surface area contributed by atoms with Gasteiger partial charge in [0.05, 0.1) is 10.7 Å². The molecule has 0 bridgehead atoms. The molecular formula is C6H10BNO2S. The van der Waals surface area contributed by atoms with E-state index < -0.39 is 7.12 Å². The Morgan fingerprint density at radius 3 is 2.45 bits per heavy atom. The van der Waals surface area contributed by atoms with Crippen LogP contribution in [-0.4, -0.2) is 22.2 Å². The highest BCUT2D eigenvalue weighted by Gasteiger charge is 2.11. The molecule has 5 heteroatoms. The van der Waals surface area contributed by atoms with Crippen molar-refractivity contribution < 1.29 is 10.0 Å². The maximum atomic E-state index is 8.63. The second kappa shape index (κ2) is 3.34. The lowest BCUT2D eigenvalue weighted by Crippen LogP contribution is -2.14. The minimum Gasteiger partial charge on any atom is -0.427 e. The maximum Gasteiger partial charge on any atom is 0.458 e. The molecule has 3 nitrogen and oxygen atoms in total. The van der Waals surface area contributed by atoms with Crippen LogP contribution in [0, 0.1) is 13.8 Å². The summed E-state index contributed by atoms with van der Waals surface area (Å²) >= 11 is 1.51. The van der Waals surface area contributed by atoms with E-state index in [2.05, 4.69) is 4.98 Å². The highest BCUT2D eigenvalue weighted by molar-refractivity contribution is 7.11. The molecule has 2 N–H and O–H groups in total. The summed E-state index contributed by atoms with van der Waals surface area (Å²) < 4.78 is 0. The van der Waals surface area contributed by atoms with Crippen LogP contribution in [0.3, 0.4) is 0 Å². The van der Waals surface area contributed by atoms with E-state index in [0.29, 0.717) is 0 Å². The van der Waals surface area contributed by atoms with Crippen molar-refractivity contribution in [1.29, 1.82) is 0 Å². The Morgan fingerprint density at radius 2 is 2.09 bits per heavy atom.